The molecule has 4 rings (SSSR count). The van der Waals surface area contributed by atoms with Gasteiger partial charge in [0.05, 0.1) is 23.4 Å². The molecule has 0 aliphatic carbocycles. The van der Waals surface area contributed by atoms with Crippen LogP contribution in [0.4, 0.5) is 5.13 Å². The van der Waals surface area contributed by atoms with Crippen molar-refractivity contribution in [3.63, 3.8) is 0 Å². The second kappa shape index (κ2) is 9.42. The summed E-state index contributed by atoms with van der Waals surface area (Å²) in [6, 6.07) is 13.4. The molecule has 3 heterocycles. The number of nitrogens with zero attached hydrogens (tertiary/aromatic N) is 3. The molecular weight excluding hydrogens is 442 g/mol. The maximum Gasteiger partial charge on any atom is 0.336 e. The fourth-order valence-corrected chi connectivity index (χ4v) is 4.77. The van der Waals surface area contributed by atoms with Gasteiger partial charge in [-0.1, -0.05) is 44.2 Å². The lowest BCUT2D eigenvalue weighted by Crippen LogP contribution is -2.31. The number of aromatic nitrogens is 2. The van der Waals surface area contributed by atoms with Crippen molar-refractivity contribution in [1.29, 1.82) is 0 Å². The van der Waals surface area contributed by atoms with Gasteiger partial charge in [-0.25, -0.2) is 9.78 Å². The van der Waals surface area contributed by atoms with Gasteiger partial charge in [0.2, 0.25) is 0 Å². The maximum atomic E-state index is 13.5. The summed E-state index contributed by atoms with van der Waals surface area (Å²) >= 11 is 2.88. The molecule has 4 aromatic rings. The van der Waals surface area contributed by atoms with Gasteiger partial charge >= 0.3 is 5.97 Å². The zero-order chi connectivity index (χ0) is 22.7. The molecule has 0 saturated carbocycles. The van der Waals surface area contributed by atoms with Crippen molar-refractivity contribution >= 4 is 39.7 Å². The number of thiazole rings is 1. The Morgan fingerprint density at radius 1 is 1.06 bits per heavy atom. The normalized spacial score (nSPS) is 11.0. The van der Waals surface area contributed by atoms with Gasteiger partial charge in [0.15, 0.2) is 5.13 Å². The summed E-state index contributed by atoms with van der Waals surface area (Å²) < 4.78 is 0. The van der Waals surface area contributed by atoms with Gasteiger partial charge in [-0.3, -0.25) is 14.7 Å². The van der Waals surface area contributed by atoms with E-state index in [-0.39, 0.29) is 11.1 Å². The molecule has 0 spiro atoms. The number of rotatable bonds is 7. The number of carboxylic acid groups (broad SMARTS) is 1. The quantitative estimate of drug-likeness (QED) is 0.367. The Morgan fingerprint density at radius 3 is 2.50 bits per heavy atom. The lowest BCUT2D eigenvalue weighted by Gasteiger charge is -2.20. The highest BCUT2D eigenvalue weighted by molar-refractivity contribution is 7.14. The summed E-state index contributed by atoms with van der Waals surface area (Å²) in [6.07, 6.45) is 2.67. The number of carbonyl (C=O) groups excluding carboxylic acids is 1. The minimum absolute atomic E-state index is 0.0367. The molecule has 0 fully saturated rings. The molecule has 0 radical (unpaired) electrons. The summed E-state index contributed by atoms with van der Waals surface area (Å²) in [5, 5.41) is 13.9. The highest BCUT2D eigenvalue weighted by Crippen LogP contribution is 2.31. The van der Waals surface area contributed by atoms with E-state index in [9.17, 15) is 14.7 Å². The Morgan fingerprint density at radius 2 is 1.84 bits per heavy atom. The minimum Gasteiger partial charge on any atom is -0.478 e. The van der Waals surface area contributed by atoms with Gasteiger partial charge < -0.3 is 5.11 Å². The van der Waals surface area contributed by atoms with E-state index in [0.29, 0.717) is 17.6 Å². The molecule has 0 aliphatic rings. The molecule has 32 heavy (non-hydrogen) atoms. The predicted octanol–water partition coefficient (Wildman–Crippen LogP) is 5.94. The summed E-state index contributed by atoms with van der Waals surface area (Å²) in [5.41, 5.74) is 2.94. The number of aromatic carboxylic acids is 1. The van der Waals surface area contributed by atoms with Gasteiger partial charge in [-0.05, 0) is 29.0 Å². The third kappa shape index (κ3) is 4.61. The summed E-state index contributed by atoms with van der Waals surface area (Å²) in [7, 11) is 0. The Balaban J connectivity index is 1.70. The SMILES string of the molecule is CC(C)c1ccc(-c2csc(N(Cc3cccs3)C(=O)c3cnccc3C(=O)O)n2)cc1. The average Bonchev–Trinajstić information content (AvgIpc) is 3.49. The van der Waals surface area contributed by atoms with E-state index in [1.165, 1.54) is 51.6 Å². The standard InChI is InChI=1S/C24H21N3O3S2/c1-15(2)16-5-7-17(8-6-16)21-14-32-24(26-21)27(13-18-4-3-11-31-18)22(28)20-12-25-10-9-19(20)23(29)30/h3-12,14-15H,13H2,1-2H3,(H,29,30). The average molecular weight is 464 g/mol. The zero-order valence-corrected chi connectivity index (χ0v) is 19.2. The second-order valence-electron chi connectivity index (χ2n) is 7.49. The van der Waals surface area contributed by atoms with E-state index in [2.05, 4.69) is 31.0 Å². The number of hydrogen-bond donors (Lipinski definition) is 1. The predicted molar refractivity (Wildman–Crippen MR) is 128 cm³/mol. The number of amides is 1. The first-order chi connectivity index (χ1) is 15.4. The van der Waals surface area contributed by atoms with Crippen LogP contribution < -0.4 is 4.90 Å². The van der Waals surface area contributed by atoms with Crippen molar-refractivity contribution in [3.05, 3.63) is 87.2 Å². The van der Waals surface area contributed by atoms with E-state index in [1.54, 1.807) is 0 Å². The molecule has 6 nitrogen and oxygen atoms in total. The van der Waals surface area contributed by atoms with Crippen LogP contribution >= 0.6 is 22.7 Å². The van der Waals surface area contributed by atoms with Gasteiger partial charge in [-0.15, -0.1) is 22.7 Å². The van der Waals surface area contributed by atoms with E-state index in [0.717, 1.165) is 16.1 Å². The van der Waals surface area contributed by atoms with Crippen LogP contribution in [0.15, 0.2) is 65.6 Å². The van der Waals surface area contributed by atoms with Crippen molar-refractivity contribution in [1.82, 2.24) is 9.97 Å². The smallest absolute Gasteiger partial charge is 0.336 e. The van der Waals surface area contributed by atoms with Crippen LogP contribution in [-0.4, -0.2) is 27.0 Å². The number of pyridine rings is 1. The zero-order valence-electron chi connectivity index (χ0n) is 17.6. The van der Waals surface area contributed by atoms with Crippen LogP contribution in [0.25, 0.3) is 11.3 Å². The fourth-order valence-electron chi connectivity index (χ4n) is 3.24. The van der Waals surface area contributed by atoms with Gasteiger partial charge in [0.1, 0.15) is 0 Å². The first kappa shape index (κ1) is 21.9. The number of benzene rings is 1. The second-order valence-corrected chi connectivity index (χ2v) is 9.36. The van der Waals surface area contributed by atoms with Crippen LogP contribution in [0, 0.1) is 0 Å². The Hall–Kier alpha value is -3.36. The number of carbonyl (C=O) groups is 2. The molecule has 0 aliphatic heterocycles. The molecule has 0 bridgehead atoms. The minimum atomic E-state index is -1.17. The molecular formula is C24H21N3O3S2. The van der Waals surface area contributed by atoms with Gasteiger partial charge in [0.25, 0.3) is 5.91 Å². The molecule has 3 aromatic heterocycles. The molecule has 0 unspecified atom stereocenters. The molecule has 1 N–H and O–H groups in total. The van der Waals surface area contributed by atoms with Crippen molar-refractivity contribution in [2.24, 2.45) is 0 Å². The molecule has 162 valence electrons. The van der Waals surface area contributed by atoms with Gasteiger partial charge in [-0.2, -0.15) is 0 Å². The van der Waals surface area contributed by atoms with Crippen LogP contribution in [0.1, 0.15) is 50.9 Å². The largest absolute Gasteiger partial charge is 0.478 e. The first-order valence-electron chi connectivity index (χ1n) is 10.0. The van der Waals surface area contributed by atoms with Crippen molar-refractivity contribution in [2.75, 3.05) is 4.90 Å². The lowest BCUT2D eigenvalue weighted by molar-refractivity contribution is 0.0691. The Kier molecular flexibility index (Phi) is 6.43. The summed E-state index contributed by atoms with van der Waals surface area (Å²) in [4.78, 5) is 36.3. The molecule has 0 saturated heterocycles. The number of carboxylic acids is 1. The Bertz CT molecular complexity index is 1230. The molecule has 0 atom stereocenters. The number of thiophene rings is 1. The van der Waals surface area contributed by atoms with E-state index in [1.807, 2.05) is 35.0 Å². The van der Waals surface area contributed by atoms with E-state index >= 15 is 0 Å². The molecule has 1 amide bonds. The third-order valence-corrected chi connectivity index (χ3v) is 6.74. The van der Waals surface area contributed by atoms with Gasteiger partial charge in [0, 0.05) is 28.2 Å². The third-order valence-electron chi connectivity index (χ3n) is 5.02. The van der Waals surface area contributed by atoms with Crippen molar-refractivity contribution < 1.29 is 14.7 Å². The maximum absolute atomic E-state index is 13.5. The highest BCUT2D eigenvalue weighted by Gasteiger charge is 2.26. The van der Waals surface area contributed by atoms with Crippen LogP contribution in [0.3, 0.4) is 0 Å². The van der Waals surface area contributed by atoms with E-state index < -0.39 is 11.9 Å². The lowest BCUT2D eigenvalue weighted by atomic mass is 10.0. The van der Waals surface area contributed by atoms with Crippen LogP contribution in [0.5, 0.6) is 0 Å². The number of hydrogen-bond acceptors (Lipinski definition) is 6. The molecule has 1 aromatic carbocycles. The Labute approximate surface area is 193 Å². The van der Waals surface area contributed by atoms with Crippen molar-refractivity contribution in [2.45, 2.75) is 26.3 Å². The monoisotopic (exact) mass is 463 g/mol. The highest BCUT2D eigenvalue weighted by atomic mass is 32.1. The fraction of sp³-hybridized carbons (Fsp3) is 0.167. The first-order valence-corrected chi connectivity index (χ1v) is 11.8. The number of anilines is 1. The van der Waals surface area contributed by atoms with Crippen LogP contribution in [0.2, 0.25) is 0 Å². The van der Waals surface area contributed by atoms with Crippen molar-refractivity contribution in [3.8, 4) is 11.3 Å². The van der Waals surface area contributed by atoms with Crippen LogP contribution in [-0.2, 0) is 6.54 Å². The summed E-state index contributed by atoms with van der Waals surface area (Å²) in [5.74, 6) is -1.17. The van der Waals surface area contributed by atoms with E-state index in [4.69, 9.17) is 4.98 Å². The molecule has 8 heteroatoms. The summed E-state index contributed by atoms with van der Waals surface area (Å²) in [6.45, 7) is 4.59. The topological polar surface area (TPSA) is 83.4 Å².